The van der Waals surface area contributed by atoms with Crippen molar-refractivity contribution in [2.24, 2.45) is 5.41 Å². The molecule has 1 fully saturated rings. The molecule has 1 aliphatic heterocycles. The van der Waals surface area contributed by atoms with Crippen LogP contribution < -0.4 is 16.4 Å². The number of fused-ring (bicyclic) bond motifs is 1. The van der Waals surface area contributed by atoms with Gasteiger partial charge in [-0.2, -0.15) is 4.31 Å². The van der Waals surface area contributed by atoms with Crippen LogP contribution >= 0.6 is 35.2 Å². The molecule has 2 aromatic heterocycles. The third-order valence-electron chi connectivity index (χ3n) is 12.4. The standard InChI is InChI=1S/C51H84N7O18P3S/c1-4-5-6-7-8-9-10-11-12-13-14-15-16-17-18-19-20-21-22-23-24-25-26-27-28-29-39(59)34-42(61)80-33-32-53-41(60)30-31-54-49(64)46(63)51(2,3)36-73-79(70,71)76-78(68,69)72-35-40-45(75-77(65,66)67)44(62)50(74-40)58-38-57-43-47(52)55-37-56-48(43)58/h8-9,11-12,14-15,17-18,37-38,40,44-46,50,62-63H,4-7,10,13,16,19-36H2,1-3H3,(H,53,60)(H,54,64)(H,68,69)(H,70,71)(H2,52,55,56)(H2,65,66,67)/b9-8-,12-11-,15-14-,18-17-/t40-,44-,45-,46+,50-/m1/s1. The van der Waals surface area contributed by atoms with Gasteiger partial charge in [-0.3, -0.25) is 37.3 Å². The van der Waals surface area contributed by atoms with E-state index in [4.69, 9.17) is 19.5 Å². The zero-order valence-electron chi connectivity index (χ0n) is 46.0. The molecule has 80 heavy (non-hydrogen) atoms. The Bertz CT molecular complexity index is 2490. The molecule has 1 aliphatic rings. The molecule has 29 heteroatoms. The van der Waals surface area contributed by atoms with E-state index in [0.717, 1.165) is 80.4 Å². The number of aliphatic hydroxyl groups excluding tert-OH is 2. The Morgan fingerprint density at radius 1 is 0.787 bits per heavy atom. The van der Waals surface area contributed by atoms with Gasteiger partial charge in [0.05, 0.1) is 26.0 Å². The highest BCUT2D eigenvalue weighted by atomic mass is 32.2. The number of hydrogen-bond acceptors (Lipinski definition) is 19. The number of amides is 2. The predicted molar refractivity (Wildman–Crippen MR) is 302 cm³/mol. The number of ketones is 1. The minimum atomic E-state index is -5.60. The molecule has 7 atom stereocenters. The molecule has 0 saturated carbocycles. The quantitative estimate of drug-likeness (QED) is 0.0132. The first-order valence-corrected chi connectivity index (χ1v) is 32.6. The van der Waals surface area contributed by atoms with Gasteiger partial charge in [0.2, 0.25) is 11.8 Å². The normalized spacial score (nSPS) is 19.1. The number of ether oxygens (including phenoxy) is 1. The summed E-state index contributed by atoms with van der Waals surface area (Å²) in [5.41, 5.74) is 4.25. The molecular formula is C51H84N7O18P3S. The van der Waals surface area contributed by atoms with Crippen LogP contribution in [0.1, 0.15) is 155 Å². The first kappa shape index (κ1) is 70.5. The summed E-state index contributed by atoms with van der Waals surface area (Å²) in [6.07, 6.45) is 30.1. The lowest BCUT2D eigenvalue weighted by Crippen LogP contribution is -2.46. The minimum Gasteiger partial charge on any atom is -0.386 e. The Balaban J connectivity index is 1.20. The second-order valence-electron chi connectivity index (χ2n) is 19.8. The molecule has 0 radical (unpaired) electrons. The van der Waals surface area contributed by atoms with Crippen molar-refractivity contribution in [3.05, 3.63) is 61.3 Å². The second-order valence-corrected chi connectivity index (χ2v) is 25.2. The van der Waals surface area contributed by atoms with E-state index in [2.05, 4.69) is 90.0 Å². The van der Waals surface area contributed by atoms with Crippen LogP contribution in [0.25, 0.3) is 11.2 Å². The zero-order valence-corrected chi connectivity index (χ0v) is 49.5. The average molecular weight is 1210 g/mol. The Morgan fingerprint density at radius 2 is 1.36 bits per heavy atom. The summed E-state index contributed by atoms with van der Waals surface area (Å²) < 4.78 is 62.5. The Kier molecular flexibility index (Phi) is 32.9. The van der Waals surface area contributed by atoms with Gasteiger partial charge in [0.25, 0.3) is 0 Å². The number of anilines is 1. The van der Waals surface area contributed by atoms with E-state index in [0.29, 0.717) is 6.42 Å². The number of thioether (sulfide) groups is 1. The number of aromatic nitrogens is 4. The minimum absolute atomic E-state index is 0.0253. The number of phosphoric ester groups is 3. The number of carbonyl (C=O) groups excluding carboxylic acids is 4. The first-order chi connectivity index (χ1) is 37.9. The van der Waals surface area contributed by atoms with Gasteiger partial charge in [0, 0.05) is 37.1 Å². The summed E-state index contributed by atoms with van der Waals surface area (Å²) in [7, 11) is -16.5. The summed E-state index contributed by atoms with van der Waals surface area (Å²) in [4.78, 5) is 101. The van der Waals surface area contributed by atoms with Crippen LogP contribution in [0.3, 0.4) is 0 Å². The molecule has 3 rings (SSSR count). The van der Waals surface area contributed by atoms with Crippen molar-refractivity contribution in [1.29, 1.82) is 0 Å². The van der Waals surface area contributed by atoms with E-state index >= 15 is 0 Å². The number of nitrogen functional groups attached to an aromatic ring is 1. The smallest absolute Gasteiger partial charge is 0.386 e. The molecule has 1 saturated heterocycles. The van der Waals surface area contributed by atoms with Crippen molar-refractivity contribution < 1.29 is 85.3 Å². The SMILES string of the molecule is CCCCC/C=C\C/C=C\C/C=C\C/C=C\CCCCCCCCCCCC(=O)CC(=O)SCCNC(=O)CCNC(=O)[C@H](O)C(C)(C)COP(=O)(O)OP(=O)(O)OC[C@H]1O[C@@H](n2cnc3c(N)ncnc32)[C@H](O)[C@@H]1OP(=O)(O)O. The summed E-state index contributed by atoms with van der Waals surface area (Å²) in [5, 5.41) is 26.3. The number of rotatable bonds is 43. The molecule has 0 aromatic carbocycles. The lowest BCUT2D eigenvalue weighted by molar-refractivity contribution is -0.137. The number of nitrogens with zero attached hydrogens (tertiary/aromatic N) is 4. The van der Waals surface area contributed by atoms with Crippen molar-refractivity contribution in [2.45, 2.75) is 180 Å². The van der Waals surface area contributed by atoms with Gasteiger partial charge < -0.3 is 50.9 Å². The third-order valence-corrected chi connectivity index (χ3v) is 16.4. The Morgan fingerprint density at radius 3 is 1.98 bits per heavy atom. The molecule has 452 valence electrons. The van der Waals surface area contributed by atoms with E-state index < -0.39 is 84.6 Å². The second kappa shape index (κ2) is 37.4. The summed E-state index contributed by atoms with van der Waals surface area (Å²) in [6.45, 7) is 2.55. The van der Waals surface area contributed by atoms with Crippen LogP contribution in [-0.4, -0.2) is 128 Å². The molecule has 2 aromatic rings. The van der Waals surface area contributed by atoms with Crippen LogP contribution in [0.4, 0.5) is 5.82 Å². The monoisotopic (exact) mass is 1210 g/mol. The third kappa shape index (κ3) is 28.9. The fourth-order valence-electron chi connectivity index (χ4n) is 7.98. The Labute approximate surface area is 472 Å². The predicted octanol–water partition coefficient (Wildman–Crippen LogP) is 7.89. The van der Waals surface area contributed by atoms with Gasteiger partial charge in [-0.05, 0) is 51.4 Å². The summed E-state index contributed by atoms with van der Waals surface area (Å²) >= 11 is 0.937. The van der Waals surface area contributed by atoms with E-state index in [1.54, 1.807) is 0 Å². The number of nitrogens with two attached hydrogens (primary N) is 1. The maximum Gasteiger partial charge on any atom is 0.481 e. The molecule has 0 spiro atoms. The molecule has 0 aliphatic carbocycles. The Hall–Kier alpha value is -3.81. The maximum absolute atomic E-state index is 12.8. The van der Waals surface area contributed by atoms with E-state index in [1.807, 2.05) is 0 Å². The van der Waals surface area contributed by atoms with Crippen LogP contribution in [0.2, 0.25) is 0 Å². The van der Waals surface area contributed by atoms with Gasteiger partial charge in [0.15, 0.2) is 22.8 Å². The van der Waals surface area contributed by atoms with Crippen molar-refractivity contribution >= 4 is 74.9 Å². The number of Topliss-reactive ketones (excluding diaryl/α,β-unsaturated/α-hetero) is 1. The van der Waals surface area contributed by atoms with Gasteiger partial charge in [-0.15, -0.1) is 0 Å². The lowest BCUT2D eigenvalue weighted by Gasteiger charge is -2.30. The van der Waals surface area contributed by atoms with Crippen molar-refractivity contribution in [1.82, 2.24) is 30.2 Å². The highest BCUT2D eigenvalue weighted by molar-refractivity contribution is 8.13. The van der Waals surface area contributed by atoms with Crippen LogP contribution in [0.15, 0.2) is 61.3 Å². The summed E-state index contributed by atoms with van der Waals surface area (Å²) in [5.74, 6) is -1.41. The highest BCUT2D eigenvalue weighted by Crippen LogP contribution is 2.61. The number of aliphatic hydroxyl groups is 2. The number of carbonyl (C=O) groups is 4. The largest absolute Gasteiger partial charge is 0.481 e. The fraction of sp³-hybridized carbons (Fsp3) is 0.667. The van der Waals surface area contributed by atoms with Crippen molar-refractivity contribution in [2.75, 3.05) is 37.8 Å². The van der Waals surface area contributed by atoms with Crippen molar-refractivity contribution in [3.8, 4) is 0 Å². The van der Waals surface area contributed by atoms with Crippen LogP contribution in [0.5, 0.6) is 0 Å². The van der Waals surface area contributed by atoms with Crippen molar-refractivity contribution in [3.63, 3.8) is 0 Å². The molecule has 25 nitrogen and oxygen atoms in total. The molecular weight excluding hydrogens is 1120 g/mol. The van der Waals surface area contributed by atoms with Gasteiger partial charge in [-0.25, -0.2) is 28.6 Å². The number of phosphoric acid groups is 3. The molecule has 0 bridgehead atoms. The topological polar surface area (TPSA) is 381 Å². The van der Waals surface area contributed by atoms with Crippen LogP contribution in [0, 0.1) is 5.41 Å². The number of hydrogen-bond donors (Lipinski definition) is 9. The van der Waals surface area contributed by atoms with E-state index in [9.17, 15) is 62.7 Å². The number of imidazole rings is 1. The molecule has 2 unspecified atom stereocenters. The van der Waals surface area contributed by atoms with Gasteiger partial charge >= 0.3 is 23.5 Å². The lowest BCUT2D eigenvalue weighted by atomic mass is 9.87. The molecule has 10 N–H and O–H groups in total. The number of unbranched alkanes of at least 4 members (excludes halogenated alkanes) is 12. The average Bonchev–Trinajstić information content (AvgIpc) is 3.95. The van der Waals surface area contributed by atoms with E-state index in [-0.39, 0.29) is 59.6 Å². The van der Waals surface area contributed by atoms with E-state index in [1.165, 1.54) is 71.6 Å². The first-order valence-electron chi connectivity index (χ1n) is 27.1. The maximum atomic E-state index is 12.8. The summed E-state index contributed by atoms with van der Waals surface area (Å²) in [6, 6.07) is 0. The van der Waals surface area contributed by atoms with Gasteiger partial charge in [-0.1, -0.05) is 139 Å². The molecule has 3 heterocycles. The van der Waals surface area contributed by atoms with Gasteiger partial charge in [0.1, 0.15) is 42.0 Å². The fourth-order valence-corrected chi connectivity index (χ4v) is 11.5. The number of allylic oxidation sites excluding steroid dienone is 8. The zero-order chi connectivity index (χ0) is 59.0. The molecule has 2 amide bonds. The highest BCUT2D eigenvalue weighted by Gasteiger charge is 2.50. The van der Waals surface area contributed by atoms with Crippen LogP contribution in [-0.2, 0) is 55.5 Å². The number of nitrogens with one attached hydrogen (secondary N) is 2.